The van der Waals surface area contributed by atoms with Crippen LogP contribution in [-0.4, -0.2) is 32.6 Å². The number of ether oxygens (including phenoxy) is 3. The van der Waals surface area contributed by atoms with Crippen LogP contribution < -0.4 is 30.4 Å². The maximum absolute atomic E-state index is 12.2. The molecule has 0 spiro atoms. The highest BCUT2D eigenvalue weighted by molar-refractivity contribution is 9.10. The summed E-state index contributed by atoms with van der Waals surface area (Å²) in [5.41, 5.74) is 6.77. The molecular formula is C21H24BrN3O5. The number of carbonyl (C=O) groups excluding carboxylic acids is 2. The molecule has 2 aromatic rings. The summed E-state index contributed by atoms with van der Waals surface area (Å²) in [5, 5.41) is 2.73. The Balaban J connectivity index is 1.77. The molecule has 2 rings (SSSR count). The van der Waals surface area contributed by atoms with Crippen molar-refractivity contribution < 1.29 is 23.8 Å². The molecule has 3 N–H and O–H groups in total. The number of anilines is 1. The van der Waals surface area contributed by atoms with Gasteiger partial charge in [-0.05, 0) is 42.8 Å². The molecule has 30 heavy (non-hydrogen) atoms. The highest BCUT2D eigenvalue weighted by Gasteiger charge is 2.11. The first-order chi connectivity index (χ1) is 14.3. The zero-order valence-corrected chi connectivity index (χ0v) is 18.6. The Bertz CT molecular complexity index is 933. The van der Waals surface area contributed by atoms with Crippen molar-refractivity contribution in [3.8, 4) is 17.2 Å². The smallest absolute Gasteiger partial charge is 0.276 e. The Morgan fingerprint density at radius 2 is 1.77 bits per heavy atom. The molecule has 0 aromatic heterocycles. The average molecular weight is 478 g/mol. The van der Waals surface area contributed by atoms with Gasteiger partial charge in [0.15, 0.2) is 6.61 Å². The maximum atomic E-state index is 12.2. The van der Waals surface area contributed by atoms with E-state index in [4.69, 9.17) is 14.2 Å². The third-order valence-corrected chi connectivity index (χ3v) is 4.42. The third-order valence-electron chi connectivity index (χ3n) is 3.93. The lowest BCUT2D eigenvalue weighted by molar-refractivity contribution is -0.124. The van der Waals surface area contributed by atoms with Crippen LogP contribution in [0.5, 0.6) is 17.2 Å². The van der Waals surface area contributed by atoms with Crippen LogP contribution in [0, 0.1) is 6.92 Å². The lowest BCUT2D eigenvalue weighted by Gasteiger charge is -2.14. The Labute approximate surface area is 183 Å². The van der Waals surface area contributed by atoms with Crippen molar-refractivity contribution in [1.82, 2.24) is 10.9 Å². The standard InChI is InChI=1S/C21H24BrN3O5/c1-13-9-15(22)5-8-18(13)30-12-21(27)25-24-14(2)10-20(26)23-17-7-6-16(28-3)11-19(17)29-4/h5-9,11,24H,2,10,12H2,1,3-4H3,(H,23,26)(H,25,27). The van der Waals surface area contributed by atoms with E-state index in [1.165, 1.54) is 7.11 Å². The van der Waals surface area contributed by atoms with Crippen LogP contribution in [0.1, 0.15) is 12.0 Å². The molecule has 0 atom stereocenters. The zero-order valence-electron chi connectivity index (χ0n) is 17.0. The van der Waals surface area contributed by atoms with E-state index < -0.39 is 5.91 Å². The normalized spacial score (nSPS) is 10.0. The third kappa shape index (κ3) is 7.00. The molecule has 8 nitrogen and oxygen atoms in total. The fourth-order valence-corrected chi connectivity index (χ4v) is 2.92. The van der Waals surface area contributed by atoms with Gasteiger partial charge in [0, 0.05) is 16.2 Å². The summed E-state index contributed by atoms with van der Waals surface area (Å²) in [4.78, 5) is 24.2. The minimum absolute atomic E-state index is 0.0534. The Morgan fingerprint density at radius 1 is 1.00 bits per heavy atom. The number of rotatable bonds is 10. The van der Waals surface area contributed by atoms with E-state index >= 15 is 0 Å². The van der Waals surface area contributed by atoms with Gasteiger partial charge in [-0.2, -0.15) is 0 Å². The Kier molecular flexibility index (Phi) is 8.54. The first-order valence-electron chi connectivity index (χ1n) is 8.96. The van der Waals surface area contributed by atoms with Gasteiger partial charge in [0.2, 0.25) is 5.91 Å². The second-order valence-electron chi connectivity index (χ2n) is 6.27. The molecule has 0 fully saturated rings. The number of halogens is 1. The summed E-state index contributed by atoms with van der Waals surface area (Å²) < 4.78 is 16.8. The van der Waals surface area contributed by atoms with Crippen LogP contribution in [0.4, 0.5) is 5.69 Å². The van der Waals surface area contributed by atoms with E-state index in [-0.39, 0.29) is 18.9 Å². The molecule has 2 amide bonds. The highest BCUT2D eigenvalue weighted by Crippen LogP contribution is 2.29. The number of benzene rings is 2. The predicted octanol–water partition coefficient (Wildman–Crippen LogP) is 3.32. The molecule has 0 heterocycles. The minimum atomic E-state index is -0.407. The number of aryl methyl sites for hydroxylation is 1. The van der Waals surface area contributed by atoms with Crippen molar-refractivity contribution in [2.75, 3.05) is 26.1 Å². The van der Waals surface area contributed by atoms with Crippen molar-refractivity contribution in [3.05, 3.63) is 58.7 Å². The molecule has 0 aliphatic carbocycles. The predicted molar refractivity (Wildman–Crippen MR) is 118 cm³/mol. The number of carbonyl (C=O) groups is 2. The minimum Gasteiger partial charge on any atom is -0.497 e. The first-order valence-corrected chi connectivity index (χ1v) is 9.75. The van der Waals surface area contributed by atoms with E-state index in [0.717, 1.165) is 10.0 Å². The zero-order chi connectivity index (χ0) is 22.1. The van der Waals surface area contributed by atoms with Crippen molar-refractivity contribution >= 4 is 33.4 Å². The summed E-state index contributed by atoms with van der Waals surface area (Å²) in [6, 6.07) is 10.5. The summed E-state index contributed by atoms with van der Waals surface area (Å²) in [6.07, 6.45) is -0.0534. The van der Waals surface area contributed by atoms with Gasteiger partial charge in [-0.3, -0.25) is 15.0 Å². The van der Waals surface area contributed by atoms with Gasteiger partial charge in [0.1, 0.15) is 17.2 Å². The van der Waals surface area contributed by atoms with Gasteiger partial charge in [-0.15, -0.1) is 0 Å². The topological polar surface area (TPSA) is 97.9 Å². The molecule has 0 aliphatic heterocycles. The lowest BCUT2D eigenvalue weighted by atomic mass is 10.2. The average Bonchev–Trinajstić information content (AvgIpc) is 2.71. The molecule has 0 bridgehead atoms. The SMILES string of the molecule is C=C(CC(=O)Nc1ccc(OC)cc1OC)NNC(=O)COc1ccc(Br)cc1C. The second-order valence-corrected chi connectivity index (χ2v) is 7.18. The fraction of sp³-hybridized carbons (Fsp3) is 0.238. The van der Waals surface area contributed by atoms with E-state index in [1.807, 2.05) is 19.1 Å². The molecule has 0 unspecified atom stereocenters. The largest absolute Gasteiger partial charge is 0.497 e. The summed E-state index contributed by atoms with van der Waals surface area (Å²) in [5.74, 6) is 0.955. The van der Waals surface area contributed by atoms with Gasteiger partial charge in [0.05, 0.1) is 26.3 Å². The van der Waals surface area contributed by atoms with Crippen LogP contribution in [0.3, 0.4) is 0 Å². The van der Waals surface area contributed by atoms with Crippen LogP contribution in [-0.2, 0) is 9.59 Å². The summed E-state index contributed by atoms with van der Waals surface area (Å²) in [6.45, 7) is 5.44. The van der Waals surface area contributed by atoms with E-state index in [9.17, 15) is 9.59 Å². The molecule has 9 heteroatoms. The highest BCUT2D eigenvalue weighted by atomic mass is 79.9. The molecule has 0 radical (unpaired) electrons. The molecular weight excluding hydrogens is 454 g/mol. The number of hydrogen-bond acceptors (Lipinski definition) is 6. The van der Waals surface area contributed by atoms with Crippen molar-refractivity contribution in [2.45, 2.75) is 13.3 Å². The van der Waals surface area contributed by atoms with Gasteiger partial charge in [-0.25, -0.2) is 0 Å². The lowest BCUT2D eigenvalue weighted by Crippen LogP contribution is -2.40. The number of hydrogen-bond donors (Lipinski definition) is 3. The van der Waals surface area contributed by atoms with Gasteiger partial charge in [-0.1, -0.05) is 22.5 Å². The van der Waals surface area contributed by atoms with Crippen LogP contribution in [0.15, 0.2) is 53.1 Å². The number of methoxy groups -OCH3 is 2. The Hall–Kier alpha value is -3.20. The first kappa shape index (κ1) is 23.1. The monoisotopic (exact) mass is 477 g/mol. The van der Waals surface area contributed by atoms with Gasteiger partial charge < -0.3 is 25.0 Å². The molecule has 160 valence electrons. The van der Waals surface area contributed by atoms with Crippen LogP contribution >= 0.6 is 15.9 Å². The van der Waals surface area contributed by atoms with Crippen molar-refractivity contribution in [2.24, 2.45) is 0 Å². The van der Waals surface area contributed by atoms with E-state index in [1.54, 1.807) is 31.4 Å². The fourth-order valence-electron chi connectivity index (χ4n) is 2.45. The van der Waals surface area contributed by atoms with Crippen molar-refractivity contribution in [3.63, 3.8) is 0 Å². The molecule has 0 saturated carbocycles. The molecule has 0 aliphatic rings. The number of amides is 2. The molecule has 0 saturated heterocycles. The Morgan fingerprint density at radius 3 is 2.43 bits per heavy atom. The molecule has 2 aromatic carbocycles. The second kappa shape index (κ2) is 11.1. The quantitative estimate of drug-likeness (QED) is 0.454. The number of hydrazine groups is 1. The summed E-state index contributed by atoms with van der Waals surface area (Å²) >= 11 is 3.37. The summed E-state index contributed by atoms with van der Waals surface area (Å²) in [7, 11) is 3.04. The van der Waals surface area contributed by atoms with Gasteiger partial charge >= 0.3 is 0 Å². The maximum Gasteiger partial charge on any atom is 0.276 e. The van der Waals surface area contributed by atoms with Crippen LogP contribution in [0.25, 0.3) is 0 Å². The van der Waals surface area contributed by atoms with Crippen molar-refractivity contribution in [1.29, 1.82) is 0 Å². The van der Waals surface area contributed by atoms with E-state index in [0.29, 0.717) is 28.6 Å². The van der Waals surface area contributed by atoms with Gasteiger partial charge in [0.25, 0.3) is 5.91 Å². The van der Waals surface area contributed by atoms with Crippen LogP contribution in [0.2, 0.25) is 0 Å². The van der Waals surface area contributed by atoms with E-state index in [2.05, 4.69) is 38.7 Å². The number of nitrogens with one attached hydrogen (secondary N) is 3.